The van der Waals surface area contributed by atoms with Gasteiger partial charge in [0.1, 0.15) is 5.60 Å². The highest BCUT2D eigenvalue weighted by Gasteiger charge is 2.43. The van der Waals surface area contributed by atoms with E-state index in [0.29, 0.717) is 6.61 Å². The summed E-state index contributed by atoms with van der Waals surface area (Å²) in [5.41, 5.74) is -0.259. The van der Waals surface area contributed by atoms with E-state index in [4.69, 9.17) is 4.74 Å². The van der Waals surface area contributed by atoms with Gasteiger partial charge < -0.3 is 4.74 Å². The third-order valence-electron chi connectivity index (χ3n) is 2.58. The highest BCUT2D eigenvalue weighted by molar-refractivity contribution is 5.85. The topological polar surface area (TPSA) is 26.3 Å². The normalized spacial score (nSPS) is 20.9. The Morgan fingerprint density at radius 2 is 1.92 bits per heavy atom. The van der Waals surface area contributed by atoms with Crippen molar-refractivity contribution in [2.24, 2.45) is 5.41 Å². The zero-order valence-electron chi connectivity index (χ0n) is 9.14. The molecule has 2 nitrogen and oxygen atoms in total. The Bertz CT molecular complexity index is 197. The largest absolute Gasteiger partial charge is 0.367 e. The molecule has 0 aromatic carbocycles. The molecule has 0 N–H and O–H groups in total. The van der Waals surface area contributed by atoms with Crippen LogP contribution in [0.15, 0.2) is 0 Å². The van der Waals surface area contributed by atoms with Gasteiger partial charge in [-0.05, 0) is 31.6 Å². The maximum Gasteiger partial charge on any atom is 0.161 e. The summed E-state index contributed by atoms with van der Waals surface area (Å²) in [7, 11) is 0. The molecule has 0 unspecified atom stereocenters. The predicted molar refractivity (Wildman–Crippen MR) is 52.7 cm³/mol. The zero-order valence-corrected chi connectivity index (χ0v) is 9.14. The SMILES string of the molecule is CC(=O)C1(OCC(C)(C)C)CCC1. The maximum atomic E-state index is 11.3. The first-order valence-corrected chi connectivity index (χ1v) is 5.01. The van der Waals surface area contributed by atoms with Crippen LogP contribution in [-0.2, 0) is 9.53 Å². The van der Waals surface area contributed by atoms with Gasteiger partial charge in [-0.3, -0.25) is 4.79 Å². The second-order valence-corrected chi connectivity index (χ2v) is 5.25. The van der Waals surface area contributed by atoms with Gasteiger partial charge in [-0.15, -0.1) is 0 Å². The van der Waals surface area contributed by atoms with E-state index in [1.807, 2.05) is 0 Å². The molecule has 0 bridgehead atoms. The molecule has 76 valence electrons. The first-order chi connectivity index (χ1) is 5.86. The maximum absolute atomic E-state index is 11.3. The number of ketones is 1. The molecule has 0 heterocycles. The lowest BCUT2D eigenvalue weighted by atomic mass is 9.77. The fourth-order valence-corrected chi connectivity index (χ4v) is 1.45. The Kier molecular flexibility index (Phi) is 2.81. The zero-order chi connectivity index (χ0) is 10.1. The molecule has 1 rings (SSSR count). The molecule has 1 aliphatic carbocycles. The molecule has 1 fully saturated rings. The van der Waals surface area contributed by atoms with Gasteiger partial charge in [0.05, 0.1) is 6.61 Å². The first kappa shape index (κ1) is 10.7. The summed E-state index contributed by atoms with van der Waals surface area (Å²) < 4.78 is 5.74. The number of Topliss-reactive ketones (excluding diaryl/α,β-unsaturated/α-hetero) is 1. The molecular weight excluding hydrogens is 164 g/mol. The molecule has 0 amide bonds. The van der Waals surface area contributed by atoms with E-state index in [1.54, 1.807) is 6.92 Å². The van der Waals surface area contributed by atoms with E-state index < -0.39 is 5.60 Å². The van der Waals surface area contributed by atoms with Crippen LogP contribution in [0, 0.1) is 5.41 Å². The lowest BCUT2D eigenvalue weighted by Gasteiger charge is -2.41. The van der Waals surface area contributed by atoms with Crippen molar-refractivity contribution in [3.63, 3.8) is 0 Å². The van der Waals surface area contributed by atoms with Crippen molar-refractivity contribution < 1.29 is 9.53 Å². The van der Waals surface area contributed by atoms with Gasteiger partial charge in [0.25, 0.3) is 0 Å². The highest BCUT2D eigenvalue weighted by Crippen LogP contribution is 2.37. The minimum Gasteiger partial charge on any atom is -0.367 e. The van der Waals surface area contributed by atoms with Gasteiger partial charge in [-0.2, -0.15) is 0 Å². The Hall–Kier alpha value is -0.370. The van der Waals surface area contributed by atoms with Crippen molar-refractivity contribution in [3.05, 3.63) is 0 Å². The molecule has 0 aromatic heterocycles. The van der Waals surface area contributed by atoms with Crippen LogP contribution in [0.3, 0.4) is 0 Å². The van der Waals surface area contributed by atoms with E-state index in [0.717, 1.165) is 19.3 Å². The molecule has 0 aliphatic heterocycles. The number of ether oxygens (including phenoxy) is 1. The lowest BCUT2D eigenvalue weighted by molar-refractivity contribution is -0.160. The van der Waals surface area contributed by atoms with Crippen LogP contribution in [0.1, 0.15) is 47.0 Å². The number of hydrogen-bond donors (Lipinski definition) is 0. The summed E-state index contributed by atoms with van der Waals surface area (Å²) in [4.78, 5) is 11.3. The predicted octanol–water partition coefficient (Wildman–Crippen LogP) is 2.56. The van der Waals surface area contributed by atoms with E-state index in [-0.39, 0.29) is 11.2 Å². The Labute approximate surface area is 80.7 Å². The molecule has 0 aromatic rings. The molecule has 0 spiro atoms. The van der Waals surface area contributed by atoms with Crippen LogP contribution < -0.4 is 0 Å². The number of rotatable bonds is 3. The number of carbonyl (C=O) groups excluding carboxylic acids is 1. The molecule has 0 saturated heterocycles. The minimum absolute atomic E-state index is 0.151. The second kappa shape index (κ2) is 3.41. The summed E-state index contributed by atoms with van der Waals surface area (Å²) in [6.07, 6.45) is 2.96. The van der Waals surface area contributed by atoms with Gasteiger partial charge in [-0.25, -0.2) is 0 Å². The summed E-state index contributed by atoms with van der Waals surface area (Å²) in [6, 6.07) is 0. The van der Waals surface area contributed by atoms with Crippen molar-refractivity contribution >= 4 is 5.78 Å². The average molecular weight is 184 g/mol. The van der Waals surface area contributed by atoms with Crippen LogP contribution in [0.5, 0.6) is 0 Å². The Balaban J connectivity index is 2.46. The number of carbonyl (C=O) groups is 1. The number of hydrogen-bond acceptors (Lipinski definition) is 2. The molecular formula is C11H20O2. The summed E-state index contributed by atoms with van der Waals surface area (Å²) in [6.45, 7) is 8.69. The highest BCUT2D eigenvalue weighted by atomic mass is 16.5. The quantitative estimate of drug-likeness (QED) is 0.673. The van der Waals surface area contributed by atoms with Gasteiger partial charge in [0.2, 0.25) is 0 Å². The van der Waals surface area contributed by atoms with Crippen LogP contribution in [-0.4, -0.2) is 18.0 Å². The van der Waals surface area contributed by atoms with E-state index in [9.17, 15) is 4.79 Å². The average Bonchev–Trinajstić information content (AvgIpc) is 1.80. The summed E-state index contributed by atoms with van der Waals surface area (Å²) in [5.74, 6) is 0.197. The lowest BCUT2D eigenvalue weighted by Crippen LogP contribution is -2.48. The van der Waals surface area contributed by atoms with Crippen molar-refractivity contribution in [2.45, 2.75) is 52.6 Å². The van der Waals surface area contributed by atoms with Crippen molar-refractivity contribution in [3.8, 4) is 0 Å². The monoisotopic (exact) mass is 184 g/mol. The third kappa shape index (κ3) is 2.53. The fraction of sp³-hybridized carbons (Fsp3) is 0.909. The van der Waals surface area contributed by atoms with Gasteiger partial charge in [0, 0.05) is 0 Å². The third-order valence-corrected chi connectivity index (χ3v) is 2.58. The van der Waals surface area contributed by atoms with Crippen molar-refractivity contribution in [1.29, 1.82) is 0 Å². The molecule has 2 heteroatoms. The van der Waals surface area contributed by atoms with Crippen molar-refractivity contribution in [2.75, 3.05) is 6.61 Å². The molecule has 1 saturated carbocycles. The second-order valence-electron chi connectivity index (χ2n) is 5.25. The molecule has 1 aliphatic rings. The standard InChI is InChI=1S/C11H20O2/c1-9(12)11(6-5-7-11)13-8-10(2,3)4/h5-8H2,1-4H3. The molecule has 0 atom stereocenters. The van der Waals surface area contributed by atoms with Crippen LogP contribution in [0.2, 0.25) is 0 Å². The Morgan fingerprint density at radius 1 is 1.38 bits per heavy atom. The van der Waals surface area contributed by atoms with Gasteiger partial charge in [-0.1, -0.05) is 20.8 Å². The smallest absolute Gasteiger partial charge is 0.161 e. The Morgan fingerprint density at radius 3 is 2.15 bits per heavy atom. The van der Waals surface area contributed by atoms with Crippen LogP contribution in [0.4, 0.5) is 0 Å². The van der Waals surface area contributed by atoms with Crippen molar-refractivity contribution in [1.82, 2.24) is 0 Å². The summed E-state index contributed by atoms with van der Waals surface area (Å²) >= 11 is 0. The molecule has 0 radical (unpaired) electrons. The van der Waals surface area contributed by atoms with E-state index >= 15 is 0 Å². The van der Waals surface area contributed by atoms with Crippen LogP contribution >= 0.6 is 0 Å². The van der Waals surface area contributed by atoms with Crippen LogP contribution in [0.25, 0.3) is 0 Å². The molecule has 13 heavy (non-hydrogen) atoms. The van der Waals surface area contributed by atoms with E-state index in [1.165, 1.54) is 0 Å². The van der Waals surface area contributed by atoms with Gasteiger partial charge in [0.15, 0.2) is 5.78 Å². The fourth-order valence-electron chi connectivity index (χ4n) is 1.45. The van der Waals surface area contributed by atoms with Gasteiger partial charge >= 0.3 is 0 Å². The summed E-state index contributed by atoms with van der Waals surface area (Å²) in [5, 5.41) is 0. The first-order valence-electron chi connectivity index (χ1n) is 5.01. The van der Waals surface area contributed by atoms with E-state index in [2.05, 4.69) is 20.8 Å². The minimum atomic E-state index is -0.409.